The molecular formula is C11H14N4O2S. The van der Waals surface area contributed by atoms with Gasteiger partial charge in [-0.25, -0.2) is 4.98 Å². The van der Waals surface area contributed by atoms with Gasteiger partial charge in [0.25, 0.3) is 5.91 Å². The van der Waals surface area contributed by atoms with Gasteiger partial charge >= 0.3 is 0 Å². The van der Waals surface area contributed by atoms with Gasteiger partial charge in [-0.2, -0.15) is 5.10 Å². The van der Waals surface area contributed by atoms with Gasteiger partial charge in [0.1, 0.15) is 5.69 Å². The summed E-state index contributed by atoms with van der Waals surface area (Å²) in [4.78, 5) is 15.9. The molecule has 0 fully saturated rings. The molecule has 2 aromatic rings. The summed E-state index contributed by atoms with van der Waals surface area (Å²) >= 11 is 1.45. The Morgan fingerprint density at radius 1 is 1.61 bits per heavy atom. The maximum atomic E-state index is 11.8. The number of carbonyl (C=O) groups is 1. The summed E-state index contributed by atoms with van der Waals surface area (Å²) in [5, 5.41) is 9.47. The fraction of sp³-hybridized carbons (Fsp3) is 0.364. The van der Waals surface area contributed by atoms with Gasteiger partial charge < -0.3 is 10.1 Å². The molecule has 0 atom stereocenters. The molecule has 0 aliphatic rings. The van der Waals surface area contributed by atoms with Crippen LogP contribution in [0.2, 0.25) is 0 Å². The van der Waals surface area contributed by atoms with Gasteiger partial charge in [0.2, 0.25) is 0 Å². The third kappa shape index (κ3) is 3.14. The van der Waals surface area contributed by atoms with Gasteiger partial charge in [-0.15, -0.1) is 11.3 Å². The molecule has 0 saturated heterocycles. The van der Waals surface area contributed by atoms with E-state index >= 15 is 0 Å². The Morgan fingerprint density at radius 3 is 3.11 bits per heavy atom. The van der Waals surface area contributed by atoms with Gasteiger partial charge in [0.05, 0.1) is 30.0 Å². The van der Waals surface area contributed by atoms with Crippen LogP contribution in [0, 0.1) is 6.92 Å². The molecule has 0 spiro atoms. The highest BCUT2D eigenvalue weighted by Gasteiger charge is 2.10. The number of aromatic nitrogens is 3. The van der Waals surface area contributed by atoms with Crippen molar-refractivity contribution in [3.63, 3.8) is 0 Å². The number of amides is 1. The summed E-state index contributed by atoms with van der Waals surface area (Å²) in [5.41, 5.74) is 1.09. The van der Waals surface area contributed by atoms with E-state index in [9.17, 15) is 4.79 Å². The Kier molecular flexibility index (Phi) is 4.06. The lowest BCUT2D eigenvalue weighted by molar-refractivity contribution is 0.102. The molecule has 1 N–H and O–H groups in total. The number of rotatable bonds is 5. The molecule has 0 aromatic carbocycles. The summed E-state index contributed by atoms with van der Waals surface area (Å²) < 4.78 is 6.67. The van der Waals surface area contributed by atoms with Crippen LogP contribution in [0.25, 0.3) is 0 Å². The maximum Gasteiger partial charge on any atom is 0.275 e. The predicted octanol–water partition coefficient (Wildman–Crippen LogP) is 1.55. The van der Waals surface area contributed by atoms with E-state index in [2.05, 4.69) is 15.4 Å². The number of nitrogens with one attached hydrogen (secondary N) is 1. The molecule has 6 nitrogen and oxygen atoms in total. The quantitative estimate of drug-likeness (QED) is 0.891. The molecule has 2 rings (SSSR count). The van der Waals surface area contributed by atoms with Crippen molar-refractivity contribution in [1.82, 2.24) is 14.8 Å². The second kappa shape index (κ2) is 5.74. The van der Waals surface area contributed by atoms with Crippen molar-refractivity contribution in [2.45, 2.75) is 13.5 Å². The van der Waals surface area contributed by atoms with Crippen LogP contribution in [0.1, 0.15) is 15.5 Å². The first-order chi connectivity index (χ1) is 8.69. The number of ether oxygens (including phenoxy) is 1. The highest BCUT2D eigenvalue weighted by molar-refractivity contribution is 7.09. The third-order valence-corrected chi connectivity index (χ3v) is 3.04. The van der Waals surface area contributed by atoms with Gasteiger partial charge in [0, 0.05) is 18.7 Å². The minimum Gasteiger partial charge on any atom is -0.383 e. The van der Waals surface area contributed by atoms with Gasteiger partial charge in [-0.05, 0) is 6.92 Å². The summed E-state index contributed by atoms with van der Waals surface area (Å²) in [5.74, 6) is -0.217. The lowest BCUT2D eigenvalue weighted by atomic mass is 10.4. The average molecular weight is 266 g/mol. The zero-order valence-electron chi connectivity index (χ0n) is 10.2. The molecule has 7 heteroatoms. The number of nitrogens with zero attached hydrogens (tertiary/aromatic N) is 3. The number of carbonyl (C=O) groups excluding carboxylic acids is 1. The zero-order valence-corrected chi connectivity index (χ0v) is 11.0. The number of hydrogen-bond donors (Lipinski definition) is 1. The van der Waals surface area contributed by atoms with Crippen LogP contribution in [0.15, 0.2) is 17.8 Å². The Balaban J connectivity index is 1.97. The third-order valence-electron chi connectivity index (χ3n) is 2.27. The zero-order chi connectivity index (χ0) is 13.0. The number of thiazole rings is 1. The highest BCUT2D eigenvalue weighted by Crippen LogP contribution is 2.11. The summed E-state index contributed by atoms with van der Waals surface area (Å²) in [7, 11) is 1.64. The summed E-state index contributed by atoms with van der Waals surface area (Å²) in [6, 6.07) is 0. The molecule has 2 aromatic heterocycles. The molecule has 0 unspecified atom stereocenters. The first kappa shape index (κ1) is 12.7. The van der Waals surface area contributed by atoms with Crippen molar-refractivity contribution >= 4 is 22.9 Å². The van der Waals surface area contributed by atoms with E-state index < -0.39 is 0 Å². The first-order valence-corrected chi connectivity index (χ1v) is 6.32. The molecule has 0 radical (unpaired) electrons. The molecule has 2 heterocycles. The molecule has 0 aliphatic heterocycles. The minimum atomic E-state index is -0.217. The van der Waals surface area contributed by atoms with Crippen molar-refractivity contribution in [2.75, 3.05) is 19.0 Å². The second-order valence-electron chi connectivity index (χ2n) is 3.69. The van der Waals surface area contributed by atoms with Crippen LogP contribution in [-0.2, 0) is 11.3 Å². The monoisotopic (exact) mass is 266 g/mol. The molecule has 96 valence electrons. The Bertz CT molecular complexity index is 535. The Morgan fingerprint density at radius 2 is 2.44 bits per heavy atom. The normalized spacial score (nSPS) is 10.6. The summed E-state index contributed by atoms with van der Waals surface area (Å²) in [6.07, 6.45) is 3.36. The average Bonchev–Trinajstić information content (AvgIpc) is 2.96. The molecular weight excluding hydrogens is 252 g/mol. The number of methoxy groups -OCH3 is 1. The molecule has 1 amide bonds. The van der Waals surface area contributed by atoms with Crippen LogP contribution < -0.4 is 5.32 Å². The number of anilines is 1. The fourth-order valence-electron chi connectivity index (χ4n) is 1.40. The van der Waals surface area contributed by atoms with Crippen LogP contribution in [0.3, 0.4) is 0 Å². The lowest BCUT2D eigenvalue weighted by Crippen LogP contribution is -2.12. The lowest BCUT2D eigenvalue weighted by Gasteiger charge is -1.99. The largest absolute Gasteiger partial charge is 0.383 e. The first-order valence-electron chi connectivity index (χ1n) is 5.44. The van der Waals surface area contributed by atoms with Gasteiger partial charge in [-0.3, -0.25) is 9.48 Å². The molecule has 0 aliphatic carbocycles. The number of aryl methyl sites for hydroxylation is 1. The molecule has 0 saturated carbocycles. The van der Waals surface area contributed by atoms with E-state index in [1.807, 2.05) is 6.92 Å². The van der Waals surface area contributed by atoms with Crippen LogP contribution >= 0.6 is 11.3 Å². The van der Waals surface area contributed by atoms with E-state index in [4.69, 9.17) is 4.74 Å². The van der Waals surface area contributed by atoms with E-state index in [1.165, 1.54) is 11.3 Å². The van der Waals surface area contributed by atoms with Crippen LogP contribution in [0.5, 0.6) is 0 Å². The smallest absolute Gasteiger partial charge is 0.275 e. The predicted molar refractivity (Wildman–Crippen MR) is 68.9 cm³/mol. The van der Waals surface area contributed by atoms with Crippen molar-refractivity contribution < 1.29 is 9.53 Å². The minimum absolute atomic E-state index is 0.217. The van der Waals surface area contributed by atoms with E-state index in [0.29, 0.717) is 24.5 Å². The Labute approximate surface area is 109 Å². The Hall–Kier alpha value is -1.73. The van der Waals surface area contributed by atoms with Crippen molar-refractivity contribution in [2.24, 2.45) is 0 Å². The van der Waals surface area contributed by atoms with Gasteiger partial charge in [0.15, 0.2) is 0 Å². The van der Waals surface area contributed by atoms with Crippen molar-refractivity contribution in [3.05, 3.63) is 28.5 Å². The van der Waals surface area contributed by atoms with Gasteiger partial charge in [-0.1, -0.05) is 0 Å². The molecule has 0 bridgehead atoms. The maximum absolute atomic E-state index is 11.8. The standard InChI is InChI=1S/C11H14N4O2S/c1-8-13-10(7-18-8)11(16)14-9-5-12-15(6-9)3-4-17-2/h5-7H,3-4H2,1-2H3,(H,14,16). The number of hydrogen-bond acceptors (Lipinski definition) is 5. The topological polar surface area (TPSA) is 69.0 Å². The summed E-state index contributed by atoms with van der Waals surface area (Å²) in [6.45, 7) is 3.10. The van der Waals surface area contributed by atoms with Crippen LogP contribution in [-0.4, -0.2) is 34.4 Å². The fourth-order valence-corrected chi connectivity index (χ4v) is 1.99. The SMILES string of the molecule is COCCn1cc(NC(=O)c2csc(C)n2)cn1. The van der Waals surface area contributed by atoms with E-state index in [0.717, 1.165) is 5.01 Å². The molecule has 18 heavy (non-hydrogen) atoms. The second-order valence-corrected chi connectivity index (χ2v) is 4.75. The van der Waals surface area contributed by atoms with E-state index in [1.54, 1.807) is 29.6 Å². The van der Waals surface area contributed by atoms with E-state index in [-0.39, 0.29) is 5.91 Å². The van der Waals surface area contributed by atoms with Crippen molar-refractivity contribution in [1.29, 1.82) is 0 Å². The van der Waals surface area contributed by atoms with Crippen LogP contribution in [0.4, 0.5) is 5.69 Å². The highest BCUT2D eigenvalue weighted by atomic mass is 32.1. The van der Waals surface area contributed by atoms with Crippen molar-refractivity contribution in [3.8, 4) is 0 Å².